The highest BCUT2D eigenvalue weighted by atomic mass is 35.5. The van der Waals surface area contributed by atoms with E-state index in [9.17, 15) is 13.2 Å². The van der Waals surface area contributed by atoms with E-state index in [2.05, 4.69) is 10.3 Å². The Kier molecular flexibility index (Phi) is 4.49. The van der Waals surface area contributed by atoms with Crippen LogP contribution >= 0.6 is 11.6 Å². The number of halogens is 4. The molecule has 0 atom stereocenters. The molecule has 1 aromatic heterocycles. The van der Waals surface area contributed by atoms with Crippen LogP contribution in [0.1, 0.15) is 11.3 Å². The minimum atomic E-state index is -4.38. The molecule has 0 aliphatic heterocycles. The SMILES string of the molecule is FC(F)(F)c1ccc(NCCc2ccccn2)c(Cl)c1. The quantitative estimate of drug-likeness (QED) is 0.905. The Balaban J connectivity index is 1.97. The van der Waals surface area contributed by atoms with Gasteiger partial charge in [-0.15, -0.1) is 0 Å². The van der Waals surface area contributed by atoms with Crippen LogP contribution < -0.4 is 5.32 Å². The van der Waals surface area contributed by atoms with Crippen LogP contribution in [0.5, 0.6) is 0 Å². The fourth-order valence-corrected chi connectivity index (χ4v) is 1.95. The summed E-state index contributed by atoms with van der Waals surface area (Å²) in [7, 11) is 0. The van der Waals surface area contributed by atoms with Gasteiger partial charge < -0.3 is 5.32 Å². The average molecular weight is 301 g/mol. The molecule has 2 rings (SSSR count). The Hall–Kier alpha value is -1.75. The molecule has 0 bridgehead atoms. The molecule has 0 saturated heterocycles. The van der Waals surface area contributed by atoms with E-state index in [0.717, 1.165) is 17.8 Å². The van der Waals surface area contributed by atoms with Crippen LogP contribution in [0.3, 0.4) is 0 Å². The summed E-state index contributed by atoms with van der Waals surface area (Å²) in [5.74, 6) is 0. The second kappa shape index (κ2) is 6.13. The van der Waals surface area contributed by atoms with Crippen LogP contribution in [-0.4, -0.2) is 11.5 Å². The molecule has 1 N–H and O–H groups in total. The van der Waals surface area contributed by atoms with Gasteiger partial charge in [0.1, 0.15) is 0 Å². The number of nitrogens with zero attached hydrogens (tertiary/aromatic N) is 1. The number of rotatable bonds is 4. The molecule has 1 aromatic carbocycles. The Morgan fingerprint density at radius 3 is 2.55 bits per heavy atom. The lowest BCUT2D eigenvalue weighted by Gasteiger charge is -2.11. The minimum absolute atomic E-state index is 0.0563. The molecule has 20 heavy (non-hydrogen) atoms. The van der Waals surface area contributed by atoms with E-state index in [1.54, 1.807) is 6.20 Å². The first kappa shape index (κ1) is 14.7. The monoisotopic (exact) mass is 300 g/mol. The normalized spacial score (nSPS) is 11.4. The van der Waals surface area contributed by atoms with Crippen LogP contribution in [0.15, 0.2) is 42.6 Å². The summed E-state index contributed by atoms with van der Waals surface area (Å²) in [5, 5.41) is 3.06. The molecule has 0 saturated carbocycles. The highest BCUT2D eigenvalue weighted by molar-refractivity contribution is 6.33. The maximum Gasteiger partial charge on any atom is 0.416 e. The predicted octanol–water partition coefficient (Wildman–Crippen LogP) is 4.41. The molecule has 0 radical (unpaired) electrons. The number of alkyl halides is 3. The molecule has 0 fully saturated rings. The van der Waals surface area contributed by atoms with Gasteiger partial charge in [0, 0.05) is 24.9 Å². The van der Waals surface area contributed by atoms with Gasteiger partial charge in [-0.25, -0.2) is 0 Å². The van der Waals surface area contributed by atoms with Crippen LogP contribution in [-0.2, 0) is 12.6 Å². The van der Waals surface area contributed by atoms with E-state index in [4.69, 9.17) is 11.6 Å². The van der Waals surface area contributed by atoms with Gasteiger partial charge in [0.25, 0.3) is 0 Å². The Morgan fingerprint density at radius 2 is 1.95 bits per heavy atom. The number of anilines is 1. The Morgan fingerprint density at radius 1 is 1.15 bits per heavy atom. The molecule has 106 valence electrons. The summed E-state index contributed by atoms with van der Waals surface area (Å²) in [4.78, 5) is 4.16. The number of benzene rings is 1. The maximum absolute atomic E-state index is 12.5. The largest absolute Gasteiger partial charge is 0.416 e. The molecule has 0 amide bonds. The molecule has 2 nitrogen and oxygen atoms in total. The van der Waals surface area contributed by atoms with Gasteiger partial charge in [0.2, 0.25) is 0 Å². The first-order valence-electron chi connectivity index (χ1n) is 5.97. The number of nitrogens with one attached hydrogen (secondary N) is 1. The van der Waals surface area contributed by atoms with Gasteiger partial charge in [0.05, 0.1) is 16.3 Å². The number of hydrogen-bond acceptors (Lipinski definition) is 2. The van der Waals surface area contributed by atoms with E-state index in [0.29, 0.717) is 18.7 Å². The van der Waals surface area contributed by atoms with Crippen molar-refractivity contribution in [2.75, 3.05) is 11.9 Å². The molecule has 6 heteroatoms. The topological polar surface area (TPSA) is 24.9 Å². The molecule has 0 aliphatic rings. The molecule has 2 aromatic rings. The van der Waals surface area contributed by atoms with E-state index >= 15 is 0 Å². The van der Waals surface area contributed by atoms with E-state index < -0.39 is 11.7 Å². The zero-order chi connectivity index (χ0) is 14.6. The van der Waals surface area contributed by atoms with Crippen molar-refractivity contribution in [3.63, 3.8) is 0 Å². The molecular formula is C14H12ClF3N2. The second-order valence-corrected chi connectivity index (χ2v) is 4.60. The van der Waals surface area contributed by atoms with Crippen molar-refractivity contribution in [3.05, 3.63) is 58.9 Å². The third kappa shape index (κ3) is 3.87. The number of hydrogen-bond donors (Lipinski definition) is 1. The van der Waals surface area contributed by atoms with Crippen molar-refractivity contribution in [2.45, 2.75) is 12.6 Å². The van der Waals surface area contributed by atoms with Crippen molar-refractivity contribution in [2.24, 2.45) is 0 Å². The van der Waals surface area contributed by atoms with Crippen molar-refractivity contribution in [1.29, 1.82) is 0 Å². The van der Waals surface area contributed by atoms with Crippen LogP contribution in [0.4, 0.5) is 18.9 Å². The van der Waals surface area contributed by atoms with Crippen LogP contribution in [0, 0.1) is 0 Å². The molecular weight excluding hydrogens is 289 g/mol. The van der Waals surface area contributed by atoms with Gasteiger partial charge in [-0.3, -0.25) is 4.98 Å². The fourth-order valence-electron chi connectivity index (χ4n) is 1.71. The van der Waals surface area contributed by atoms with Crippen molar-refractivity contribution >= 4 is 17.3 Å². The second-order valence-electron chi connectivity index (χ2n) is 4.19. The highest BCUT2D eigenvalue weighted by Gasteiger charge is 2.30. The predicted molar refractivity (Wildman–Crippen MR) is 72.9 cm³/mol. The first-order chi connectivity index (χ1) is 9.47. The zero-order valence-electron chi connectivity index (χ0n) is 10.4. The number of pyridine rings is 1. The summed E-state index contributed by atoms with van der Waals surface area (Å²) in [6.45, 7) is 0.544. The third-order valence-corrected chi connectivity index (χ3v) is 3.03. The standard InChI is InChI=1S/C14H12ClF3N2/c15-12-9-10(14(16,17)18)4-5-13(12)20-8-6-11-3-1-2-7-19-11/h1-5,7,9,20H,6,8H2. The summed E-state index contributed by atoms with van der Waals surface area (Å²) in [5.41, 5.74) is 0.636. The number of aromatic nitrogens is 1. The van der Waals surface area contributed by atoms with Gasteiger partial charge in [-0.2, -0.15) is 13.2 Å². The zero-order valence-corrected chi connectivity index (χ0v) is 11.2. The van der Waals surface area contributed by atoms with Gasteiger partial charge in [0.15, 0.2) is 0 Å². The van der Waals surface area contributed by atoms with Gasteiger partial charge in [-0.05, 0) is 30.3 Å². The first-order valence-corrected chi connectivity index (χ1v) is 6.35. The minimum Gasteiger partial charge on any atom is -0.383 e. The van der Waals surface area contributed by atoms with Gasteiger partial charge in [-0.1, -0.05) is 17.7 Å². The lowest BCUT2D eigenvalue weighted by atomic mass is 10.2. The highest BCUT2D eigenvalue weighted by Crippen LogP contribution is 2.33. The van der Waals surface area contributed by atoms with E-state index in [-0.39, 0.29) is 5.02 Å². The molecule has 1 heterocycles. The summed E-state index contributed by atoms with van der Waals surface area (Å²) >= 11 is 5.84. The van der Waals surface area contributed by atoms with Crippen molar-refractivity contribution < 1.29 is 13.2 Å². The average Bonchev–Trinajstić information content (AvgIpc) is 2.40. The third-order valence-electron chi connectivity index (χ3n) is 2.72. The summed E-state index contributed by atoms with van der Waals surface area (Å²) in [6, 6.07) is 8.86. The van der Waals surface area contributed by atoms with Crippen LogP contribution in [0.2, 0.25) is 5.02 Å². The summed E-state index contributed by atoms with van der Waals surface area (Å²) < 4.78 is 37.5. The molecule has 0 aliphatic carbocycles. The van der Waals surface area contributed by atoms with Crippen LogP contribution in [0.25, 0.3) is 0 Å². The lowest BCUT2D eigenvalue weighted by Crippen LogP contribution is -2.08. The Bertz CT molecular complexity index is 570. The summed E-state index contributed by atoms with van der Waals surface area (Å²) in [6.07, 6.45) is -2.02. The van der Waals surface area contributed by atoms with Crippen molar-refractivity contribution in [3.8, 4) is 0 Å². The lowest BCUT2D eigenvalue weighted by molar-refractivity contribution is -0.137. The molecule has 0 spiro atoms. The smallest absolute Gasteiger partial charge is 0.383 e. The fraction of sp³-hybridized carbons (Fsp3) is 0.214. The molecule has 0 unspecified atom stereocenters. The Labute approximate surface area is 119 Å². The van der Waals surface area contributed by atoms with E-state index in [1.807, 2.05) is 18.2 Å². The van der Waals surface area contributed by atoms with Crippen molar-refractivity contribution in [1.82, 2.24) is 4.98 Å². The van der Waals surface area contributed by atoms with E-state index in [1.165, 1.54) is 6.07 Å². The maximum atomic E-state index is 12.5. The van der Waals surface area contributed by atoms with Gasteiger partial charge >= 0.3 is 6.18 Å².